The molecule has 0 N–H and O–H groups in total. The highest BCUT2D eigenvalue weighted by Crippen LogP contribution is 2.53. The Balaban J connectivity index is 2.04. The van der Waals surface area contributed by atoms with Crippen LogP contribution in [0.15, 0.2) is 0 Å². The lowest BCUT2D eigenvalue weighted by Crippen LogP contribution is -2.43. The van der Waals surface area contributed by atoms with E-state index >= 15 is 0 Å². The third kappa shape index (κ3) is 1.43. The molecule has 0 saturated heterocycles. The summed E-state index contributed by atoms with van der Waals surface area (Å²) in [6, 6.07) is 0. The minimum absolute atomic E-state index is 0.977. The Bertz CT molecular complexity index is 184. The van der Waals surface area contributed by atoms with E-state index in [9.17, 15) is 0 Å². The molecule has 2 saturated carbocycles. The molecule has 0 spiro atoms. The Morgan fingerprint density at radius 3 is 2.00 bits per heavy atom. The molecular weight excluding hydrogens is 156 g/mol. The maximum atomic E-state index is 2.47. The van der Waals surface area contributed by atoms with Crippen molar-refractivity contribution in [3.63, 3.8) is 0 Å². The lowest BCUT2D eigenvalue weighted by atomic mass is 9.56. The number of hydrogen-bond donors (Lipinski definition) is 0. The zero-order valence-electron chi connectivity index (χ0n) is 9.59. The van der Waals surface area contributed by atoms with E-state index in [1.54, 1.807) is 0 Å². The molecule has 6 unspecified atom stereocenters. The second-order valence-corrected chi connectivity index (χ2v) is 5.81. The van der Waals surface area contributed by atoms with E-state index < -0.39 is 0 Å². The van der Waals surface area contributed by atoms with Gasteiger partial charge in [0.2, 0.25) is 0 Å². The Morgan fingerprint density at radius 2 is 1.31 bits per heavy atom. The molecule has 0 nitrogen and oxygen atoms in total. The van der Waals surface area contributed by atoms with E-state index in [0.717, 1.165) is 35.5 Å². The lowest BCUT2D eigenvalue weighted by molar-refractivity contribution is -0.00811. The van der Waals surface area contributed by atoms with Crippen molar-refractivity contribution >= 4 is 0 Å². The third-order valence-corrected chi connectivity index (χ3v) is 5.30. The molecule has 0 aromatic rings. The Kier molecular flexibility index (Phi) is 2.42. The summed E-state index contributed by atoms with van der Waals surface area (Å²) in [6.07, 6.45) is 4.51. The second-order valence-electron chi connectivity index (χ2n) is 5.81. The third-order valence-electron chi connectivity index (χ3n) is 5.30. The van der Waals surface area contributed by atoms with Crippen LogP contribution in [0.3, 0.4) is 0 Å². The molecular formula is C13H24. The van der Waals surface area contributed by atoms with Gasteiger partial charge in [0.15, 0.2) is 0 Å². The molecule has 2 fully saturated rings. The van der Waals surface area contributed by atoms with Gasteiger partial charge in [0.25, 0.3) is 0 Å². The average molecular weight is 180 g/mol. The predicted octanol–water partition coefficient (Wildman–Crippen LogP) is 3.96. The smallest absolute Gasteiger partial charge is 0.0352 e. The van der Waals surface area contributed by atoms with Crippen molar-refractivity contribution < 1.29 is 0 Å². The molecule has 76 valence electrons. The van der Waals surface area contributed by atoms with Gasteiger partial charge >= 0.3 is 0 Å². The summed E-state index contributed by atoms with van der Waals surface area (Å²) in [7, 11) is 0. The van der Waals surface area contributed by atoms with Crippen molar-refractivity contribution in [3.05, 3.63) is 0 Å². The van der Waals surface area contributed by atoms with Gasteiger partial charge in [0.05, 0.1) is 0 Å². The summed E-state index contributed by atoms with van der Waals surface area (Å²) < 4.78 is 0. The topological polar surface area (TPSA) is 0 Å². The molecule has 0 bridgehead atoms. The van der Waals surface area contributed by atoms with Gasteiger partial charge < -0.3 is 0 Å². The summed E-state index contributed by atoms with van der Waals surface area (Å²) in [5, 5.41) is 0. The predicted molar refractivity (Wildman–Crippen MR) is 57.5 cm³/mol. The Hall–Kier alpha value is 0. The van der Waals surface area contributed by atoms with Crippen molar-refractivity contribution in [1.82, 2.24) is 0 Å². The monoisotopic (exact) mass is 180 g/mol. The molecule has 0 radical (unpaired) electrons. The van der Waals surface area contributed by atoms with Crippen LogP contribution >= 0.6 is 0 Å². The first kappa shape index (κ1) is 9.55. The van der Waals surface area contributed by atoms with E-state index in [1.165, 1.54) is 19.3 Å². The van der Waals surface area contributed by atoms with Gasteiger partial charge in [-0.2, -0.15) is 0 Å². The summed E-state index contributed by atoms with van der Waals surface area (Å²) >= 11 is 0. The van der Waals surface area contributed by atoms with E-state index in [1.807, 2.05) is 0 Å². The van der Waals surface area contributed by atoms with Crippen LogP contribution < -0.4 is 0 Å². The van der Waals surface area contributed by atoms with Crippen LogP contribution in [0.1, 0.15) is 47.0 Å². The largest absolute Gasteiger partial charge is 0.0623 e. The first-order valence-corrected chi connectivity index (χ1v) is 6.11. The van der Waals surface area contributed by atoms with Crippen molar-refractivity contribution in [2.75, 3.05) is 0 Å². The molecule has 2 aliphatic carbocycles. The molecule has 0 aromatic heterocycles. The van der Waals surface area contributed by atoms with E-state index in [0.29, 0.717) is 0 Å². The van der Waals surface area contributed by atoms with E-state index in [4.69, 9.17) is 0 Å². The molecule has 2 rings (SSSR count). The fraction of sp³-hybridized carbons (Fsp3) is 1.00. The van der Waals surface area contributed by atoms with Gasteiger partial charge in [-0.15, -0.1) is 0 Å². The Labute approximate surface area is 83.1 Å². The van der Waals surface area contributed by atoms with E-state index in [-0.39, 0.29) is 0 Å². The maximum Gasteiger partial charge on any atom is -0.0352 e. The van der Waals surface area contributed by atoms with Crippen LogP contribution in [-0.4, -0.2) is 0 Å². The SMILES string of the molecule is CC1CCC2C(C)C(C)C2CC1C. The van der Waals surface area contributed by atoms with Gasteiger partial charge in [0, 0.05) is 0 Å². The molecule has 0 aliphatic heterocycles. The van der Waals surface area contributed by atoms with Crippen molar-refractivity contribution in [1.29, 1.82) is 0 Å². The van der Waals surface area contributed by atoms with Crippen LogP contribution in [0.2, 0.25) is 0 Å². The van der Waals surface area contributed by atoms with Crippen LogP contribution in [-0.2, 0) is 0 Å². The summed E-state index contributed by atoms with van der Waals surface area (Å²) in [6.45, 7) is 9.84. The molecule has 0 heterocycles. The highest BCUT2D eigenvalue weighted by Gasteiger charge is 2.46. The maximum absolute atomic E-state index is 2.47. The first-order valence-electron chi connectivity index (χ1n) is 6.11. The van der Waals surface area contributed by atoms with Gasteiger partial charge in [-0.1, -0.05) is 34.1 Å². The zero-order chi connectivity index (χ0) is 9.59. The minimum atomic E-state index is 0.977. The Morgan fingerprint density at radius 1 is 0.692 bits per heavy atom. The highest BCUT2D eigenvalue weighted by molar-refractivity contribution is 4.95. The van der Waals surface area contributed by atoms with Crippen LogP contribution in [0.25, 0.3) is 0 Å². The second kappa shape index (κ2) is 3.29. The van der Waals surface area contributed by atoms with Gasteiger partial charge in [-0.05, 0) is 48.3 Å². The fourth-order valence-corrected chi connectivity index (χ4v) is 3.68. The van der Waals surface area contributed by atoms with Crippen molar-refractivity contribution in [2.45, 2.75) is 47.0 Å². The summed E-state index contributed by atoms with van der Waals surface area (Å²) in [5.41, 5.74) is 0. The molecule has 13 heavy (non-hydrogen) atoms. The number of hydrogen-bond acceptors (Lipinski definition) is 0. The van der Waals surface area contributed by atoms with Gasteiger partial charge in [-0.3, -0.25) is 0 Å². The van der Waals surface area contributed by atoms with Crippen LogP contribution in [0, 0.1) is 35.5 Å². The molecule has 0 amide bonds. The number of rotatable bonds is 0. The van der Waals surface area contributed by atoms with E-state index in [2.05, 4.69) is 27.7 Å². The standard InChI is InChI=1S/C13H24/c1-8-5-6-12-10(3)11(4)13(12)7-9(8)2/h8-13H,5-7H2,1-4H3. The van der Waals surface area contributed by atoms with Crippen molar-refractivity contribution in [3.8, 4) is 0 Å². The normalized spacial score (nSPS) is 56.3. The molecule has 0 heteroatoms. The molecule has 0 aromatic carbocycles. The van der Waals surface area contributed by atoms with Crippen molar-refractivity contribution in [2.24, 2.45) is 35.5 Å². The quantitative estimate of drug-likeness (QED) is 0.529. The number of fused-ring (bicyclic) bond motifs is 1. The zero-order valence-corrected chi connectivity index (χ0v) is 9.59. The minimum Gasteiger partial charge on any atom is -0.0623 e. The first-order chi connectivity index (χ1) is 6.11. The summed E-state index contributed by atoms with van der Waals surface area (Å²) in [5.74, 6) is 6.15. The van der Waals surface area contributed by atoms with Crippen LogP contribution in [0.4, 0.5) is 0 Å². The average Bonchev–Trinajstić information content (AvgIpc) is 2.26. The fourth-order valence-electron chi connectivity index (χ4n) is 3.68. The summed E-state index contributed by atoms with van der Waals surface area (Å²) in [4.78, 5) is 0. The molecule has 2 aliphatic rings. The van der Waals surface area contributed by atoms with Gasteiger partial charge in [-0.25, -0.2) is 0 Å². The molecule has 6 atom stereocenters. The van der Waals surface area contributed by atoms with Gasteiger partial charge in [0.1, 0.15) is 0 Å². The lowest BCUT2D eigenvalue weighted by Gasteiger charge is -2.49. The van der Waals surface area contributed by atoms with Crippen LogP contribution in [0.5, 0.6) is 0 Å². The highest BCUT2D eigenvalue weighted by atomic mass is 14.5.